The summed E-state index contributed by atoms with van der Waals surface area (Å²) in [6.07, 6.45) is -2.83. The SMILES string of the molecule is COC(=O)c1c(CCl)cc(C(F)F)[nH]c1=O. The maximum Gasteiger partial charge on any atom is 0.343 e. The number of alkyl halides is 3. The molecule has 4 nitrogen and oxygen atoms in total. The lowest BCUT2D eigenvalue weighted by Crippen LogP contribution is -2.22. The minimum atomic E-state index is -2.83. The average molecular weight is 252 g/mol. The second-order valence-electron chi connectivity index (χ2n) is 2.88. The number of carbonyl (C=O) groups is 1. The van der Waals surface area contributed by atoms with E-state index in [2.05, 4.69) is 4.74 Å². The highest BCUT2D eigenvalue weighted by molar-refractivity contribution is 6.17. The summed E-state index contributed by atoms with van der Waals surface area (Å²) in [6, 6.07) is 0.978. The van der Waals surface area contributed by atoms with Crippen molar-refractivity contribution in [3.8, 4) is 0 Å². The molecule has 0 aromatic carbocycles. The summed E-state index contributed by atoms with van der Waals surface area (Å²) in [4.78, 5) is 24.5. The van der Waals surface area contributed by atoms with Gasteiger partial charge in [-0.25, -0.2) is 13.6 Å². The van der Waals surface area contributed by atoms with Crippen LogP contribution >= 0.6 is 11.6 Å². The molecule has 1 heterocycles. The second kappa shape index (κ2) is 5.07. The molecule has 0 atom stereocenters. The molecule has 0 saturated heterocycles. The van der Waals surface area contributed by atoms with Gasteiger partial charge in [0.1, 0.15) is 5.56 Å². The Morgan fingerprint density at radius 3 is 2.69 bits per heavy atom. The fourth-order valence-corrected chi connectivity index (χ4v) is 1.39. The number of rotatable bonds is 3. The number of ether oxygens (including phenoxy) is 1. The van der Waals surface area contributed by atoms with Crippen molar-refractivity contribution >= 4 is 17.6 Å². The number of carbonyl (C=O) groups excluding carboxylic acids is 1. The van der Waals surface area contributed by atoms with Gasteiger partial charge in [0.15, 0.2) is 0 Å². The van der Waals surface area contributed by atoms with Crippen LogP contribution in [0.3, 0.4) is 0 Å². The van der Waals surface area contributed by atoms with E-state index in [0.29, 0.717) is 0 Å². The Bertz CT molecular complexity index is 459. The van der Waals surface area contributed by atoms with E-state index in [9.17, 15) is 18.4 Å². The zero-order valence-corrected chi connectivity index (χ0v) is 8.98. The van der Waals surface area contributed by atoms with Crippen LogP contribution in [-0.4, -0.2) is 18.1 Å². The van der Waals surface area contributed by atoms with Crippen LogP contribution in [0.4, 0.5) is 8.78 Å². The van der Waals surface area contributed by atoms with Gasteiger partial charge in [0.05, 0.1) is 12.8 Å². The fraction of sp³-hybridized carbons (Fsp3) is 0.333. The van der Waals surface area contributed by atoms with Gasteiger partial charge in [-0.1, -0.05) is 0 Å². The van der Waals surface area contributed by atoms with Crippen molar-refractivity contribution in [3.63, 3.8) is 0 Å². The molecule has 0 aliphatic carbocycles. The highest BCUT2D eigenvalue weighted by Gasteiger charge is 2.19. The Balaban J connectivity index is 3.40. The maximum atomic E-state index is 12.3. The molecule has 0 aliphatic rings. The summed E-state index contributed by atoms with van der Waals surface area (Å²) in [6.45, 7) is 0. The maximum absolute atomic E-state index is 12.3. The predicted molar refractivity (Wildman–Crippen MR) is 52.9 cm³/mol. The Labute approximate surface area is 94.2 Å². The Morgan fingerprint density at radius 1 is 1.62 bits per heavy atom. The first kappa shape index (κ1) is 12.6. The third kappa shape index (κ3) is 2.38. The molecule has 0 saturated carbocycles. The number of methoxy groups -OCH3 is 1. The van der Waals surface area contributed by atoms with E-state index in [0.717, 1.165) is 13.2 Å². The quantitative estimate of drug-likeness (QED) is 0.659. The average Bonchev–Trinajstić information content (AvgIpc) is 2.26. The number of halogens is 3. The van der Waals surface area contributed by atoms with E-state index in [1.165, 1.54) is 0 Å². The molecule has 88 valence electrons. The van der Waals surface area contributed by atoms with Crippen LogP contribution in [-0.2, 0) is 10.6 Å². The Morgan fingerprint density at radius 2 is 2.25 bits per heavy atom. The molecule has 0 amide bonds. The largest absolute Gasteiger partial charge is 0.465 e. The van der Waals surface area contributed by atoms with Gasteiger partial charge < -0.3 is 9.72 Å². The number of hydrogen-bond donors (Lipinski definition) is 1. The number of H-pyrrole nitrogens is 1. The van der Waals surface area contributed by atoms with E-state index in [-0.39, 0.29) is 17.0 Å². The van der Waals surface area contributed by atoms with E-state index < -0.39 is 23.6 Å². The summed E-state index contributed by atoms with van der Waals surface area (Å²) < 4.78 is 29.1. The number of aromatic amines is 1. The van der Waals surface area contributed by atoms with Crippen LogP contribution in [0, 0.1) is 0 Å². The molecule has 1 aromatic heterocycles. The first-order valence-corrected chi connectivity index (χ1v) is 4.73. The summed E-state index contributed by atoms with van der Waals surface area (Å²) in [7, 11) is 1.08. The van der Waals surface area contributed by atoms with Crippen molar-refractivity contribution in [1.82, 2.24) is 4.98 Å². The Hall–Kier alpha value is -1.43. The van der Waals surface area contributed by atoms with Gasteiger partial charge in [-0.05, 0) is 11.6 Å². The molecule has 1 rings (SSSR count). The number of pyridine rings is 1. The predicted octanol–water partition coefficient (Wildman–Crippen LogP) is 1.84. The second-order valence-corrected chi connectivity index (χ2v) is 3.15. The minimum absolute atomic E-state index is 0.0209. The van der Waals surface area contributed by atoms with Crippen molar-refractivity contribution in [2.45, 2.75) is 12.3 Å². The molecule has 7 heteroatoms. The monoisotopic (exact) mass is 251 g/mol. The van der Waals surface area contributed by atoms with Crippen LogP contribution in [0.25, 0.3) is 0 Å². The smallest absolute Gasteiger partial charge is 0.343 e. The summed E-state index contributed by atoms with van der Waals surface area (Å²) in [5.74, 6) is -1.13. The standard InChI is InChI=1S/C9H8ClF2NO3/c1-16-9(15)6-4(3-10)2-5(7(11)12)13-8(6)14/h2,7H,3H2,1H3,(H,13,14). The first-order chi connectivity index (χ1) is 7.51. The van der Waals surface area contributed by atoms with E-state index in [1.54, 1.807) is 0 Å². The van der Waals surface area contributed by atoms with Gasteiger partial charge in [0.25, 0.3) is 12.0 Å². The summed E-state index contributed by atoms with van der Waals surface area (Å²) in [5, 5.41) is 0. The fourth-order valence-electron chi connectivity index (χ4n) is 1.18. The van der Waals surface area contributed by atoms with Crippen molar-refractivity contribution in [2.75, 3.05) is 7.11 Å². The number of hydrogen-bond acceptors (Lipinski definition) is 3. The molecule has 0 bridgehead atoms. The van der Waals surface area contributed by atoms with Crippen LogP contribution in [0.1, 0.15) is 28.0 Å². The highest BCUT2D eigenvalue weighted by Crippen LogP contribution is 2.18. The zero-order valence-electron chi connectivity index (χ0n) is 8.22. The van der Waals surface area contributed by atoms with Crippen molar-refractivity contribution in [3.05, 3.63) is 33.2 Å². The third-order valence-corrected chi connectivity index (χ3v) is 2.19. The topological polar surface area (TPSA) is 59.2 Å². The van der Waals surface area contributed by atoms with E-state index in [1.807, 2.05) is 4.98 Å². The van der Waals surface area contributed by atoms with Gasteiger partial charge in [-0.15, -0.1) is 11.6 Å². The van der Waals surface area contributed by atoms with Gasteiger partial charge in [-0.2, -0.15) is 0 Å². The molecular weight excluding hydrogens is 244 g/mol. The van der Waals surface area contributed by atoms with Gasteiger partial charge >= 0.3 is 5.97 Å². The van der Waals surface area contributed by atoms with Crippen LogP contribution in [0.2, 0.25) is 0 Å². The van der Waals surface area contributed by atoms with Gasteiger partial charge in [0, 0.05) is 5.88 Å². The molecule has 0 unspecified atom stereocenters. The van der Waals surface area contributed by atoms with Crippen LogP contribution < -0.4 is 5.56 Å². The molecule has 0 fully saturated rings. The van der Waals surface area contributed by atoms with Crippen LogP contribution in [0.15, 0.2) is 10.9 Å². The van der Waals surface area contributed by atoms with Gasteiger partial charge in [-0.3, -0.25) is 4.79 Å². The molecule has 16 heavy (non-hydrogen) atoms. The molecular formula is C9H8ClF2NO3. The van der Waals surface area contributed by atoms with E-state index in [4.69, 9.17) is 11.6 Å². The lowest BCUT2D eigenvalue weighted by molar-refractivity contribution is 0.0597. The third-order valence-electron chi connectivity index (χ3n) is 1.90. The van der Waals surface area contributed by atoms with Crippen molar-refractivity contribution in [2.24, 2.45) is 0 Å². The number of esters is 1. The molecule has 1 aromatic rings. The summed E-state index contributed by atoms with van der Waals surface area (Å²) >= 11 is 5.48. The highest BCUT2D eigenvalue weighted by atomic mass is 35.5. The molecule has 0 radical (unpaired) electrons. The normalized spacial score (nSPS) is 10.6. The van der Waals surface area contributed by atoms with Crippen molar-refractivity contribution < 1.29 is 18.3 Å². The first-order valence-electron chi connectivity index (χ1n) is 4.19. The number of nitrogens with one attached hydrogen (secondary N) is 1. The summed E-state index contributed by atoms with van der Waals surface area (Å²) in [5.41, 5.74) is -1.83. The van der Waals surface area contributed by atoms with Gasteiger partial charge in [0.2, 0.25) is 0 Å². The minimum Gasteiger partial charge on any atom is -0.465 e. The molecule has 0 aliphatic heterocycles. The Kier molecular flexibility index (Phi) is 4.00. The lowest BCUT2D eigenvalue weighted by atomic mass is 10.1. The van der Waals surface area contributed by atoms with E-state index >= 15 is 0 Å². The van der Waals surface area contributed by atoms with Crippen LogP contribution in [0.5, 0.6) is 0 Å². The number of aromatic nitrogens is 1. The van der Waals surface area contributed by atoms with Crippen molar-refractivity contribution in [1.29, 1.82) is 0 Å². The zero-order chi connectivity index (χ0) is 12.3. The lowest BCUT2D eigenvalue weighted by Gasteiger charge is -2.06. The molecule has 0 spiro atoms. The molecule has 1 N–H and O–H groups in total.